The molecule has 0 unspecified atom stereocenters. The molecule has 0 spiro atoms. The van der Waals surface area contributed by atoms with E-state index in [4.69, 9.17) is 0 Å². The van der Waals surface area contributed by atoms with Crippen molar-refractivity contribution in [3.63, 3.8) is 0 Å². The number of aryl methyl sites for hydroxylation is 1. The van der Waals surface area contributed by atoms with Crippen LogP contribution in [0.15, 0.2) is 30.5 Å². The molecule has 2 N–H and O–H groups in total. The van der Waals surface area contributed by atoms with Gasteiger partial charge in [-0.1, -0.05) is 36.8 Å². The molecule has 1 aromatic carbocycles. The van der Waals surface area contributed by atoms with Gasteiger partial charge in [0, 0.05) is 13.1 Å². The van der Waals surface area contributed by atoms with Crippen LogP contribution in [0.2, 0.25) is 0 Å². The highest BCUT2D eigenvalue weighted by atomic mass is 15.3. The van der Waals surface area contributed by atoms with Crippen LogP contribution < -0.4 is 10.6 Å². The summed E-state index contributed by atoms with van der Waals surface area (Å²) in [5, 5.41) is 14.2. The fourth-order valence-corrected chi connectivity index (χ4v) is 1.72. The lowest BCUT2D eigenvalue weighted by Crippen LogP contribution is -2.08. The summed E-state index contributed by atoms with van der Waals surface area (Å²) in [4.78, 5) is 4.35. The number of nitrogens with one attached hydrogen (secondary N) is 2. The number of hydrogen-bond donors (Lipinski definition) is 2. The maximum atomic E-state index is 4.35. The normalized spacial score (nSPS) is 10.2. The van der Waals surface area contributed by atoms with E-state index in [0.717, 1.165) is 25.3 Å². The van der Waals surface area contributed by atoms with Crippen molar-refractivity contribution in [1.29, 1.82) is 0 Å². The van der Waals surface area contributed by atoms with Gasteiger partial charge in [-0.3, -0.25) is 0 Å². The minimum atomic E-state index is 0.566. The molecular weight excluding hydrogens is 238 g/mol. The van der Waals surface area contributed by atoms with Crippen LogP contribution in [0, 0.1) is 6.92 Å². The van der Waals surface area contributed by atoms with E-state index in [1.807, 2.05) is 0 Å². The second-order valence-electron chi connectivity index (χ2n) is 4.43. The fourth-order valence-electron chi connectivity index (χ4n) is 1.72. The maximum Gasteiger partial charge on any atom is 0.244 e. The van der Waals surface area contributed by atoms with Gasteiger partial charge in [0.25, 0.3) is 0 Å². The van der Waals surface area contributed by atoms with E-state index in [1.54, 1.807) is 6.20 Å². The molecule has 100 valence electrons. The molecule has 0 fully saturated rings. The number of anilines is 2. The van der Waals surface area contributed by atoms with Gasteiger partial charge < -0.3 is 10.6 Å². The molecule has 0 amide bonds. The standard InChI is InChI=1S/C14H19N5/c1-3-7-15-14-18-13(10-17-19-14)16-9-12-6-4-5-11(2)8-12/h4-6,8,10H,3,7,9H2,1-2H3,(H2,15,16,18,19). The number of benzene rings is 1. The van der Waals surface area contributed by atoms with E-state index < -0.39 is 0 Å². The number of nitrogens with zero attached hydrogens (tertiary/aromatic N) is 3. The summed E-state index contributed by atoms with van der Waals surface area (Å²) in [6.45, 7) is 5.76. The topological polar surface area (TPSA) is 62.7 Å². The van der Waals surface area contributed by atoms with Crippen molar-refractivity contribution in [1.82, 2.24) is 15.2 Å². The van der Waals surface area contributed by atoms with Crippen LogP contribution in [0.25, 0.3) is 0 Å². The molecule has 1 aromatic heterocycles. The second-order valence-corrected chi connectivity index (χ2v) is 4.43. The van der Waals surface area contributed by atoms with Crippen molar-refractivity contribution in [2.45, 2.75) is 26.8 Å². The Kier molecular flexibility index (Phi) is 4.66. The summed E-state index contributed by atoms with van der Waals surface area (Å²) in [5.41, 5.74) is 2.48. The minimum absolute atomic E-state index is 0.566. The van der Waals surface area contributed by atoms with E-state index in [-0.39, 0.29) is 0 Å². The molecule has 0 radical (unpaired) electrons. The van der Waals surface area contributed by atoms with E-state index in [0.29, 0.717) is 5.95 Å². The average molecular weight is 257 g/mol. The third-order valence-electron chi connectivity index (χ3n) is 2.65. The SMILES string of the molecule is CCCNc1nncc(NCc2cccc(C)c2)n1. The quantitative estimate of drug-likeness (QED) is 0.833. The first-order valence-corrected chi connectivity index (χ1v) is 6.51. The van der Waals surface area contributed by atoms with E-state index >= 15 is 0 Å². The summed E-state index contributed by atoms with van der Waals surface area (Å²) < 4.78 is 0. The number of rotatable bonds is 6. The molecule has 5 heteroatoms. The molecule has 19 heavy (non-hydrogen) atoms. The molecule has 5 nitrogen and oxygen atoms in total. The summed E-state index contributed by atoms with van der Waals surface area (Å²) in [5.74, 6) is 1.30. The van der Waals surface area contributed by atoms with E-state index in [1.165, 1.54) is 11.1 Å². The van der Waals surface area contributed by atoms with Crippen LogP contribution in [0.1, 0.15) is 24.5 Å². The van der Waals surface area contributed by atoms with Crippen molar-refractivity contribution >= 4 is 11.8 Å². The van der Waals surface area contributed by atoms with Crippen molar-refractivity contribution in [3.05, 3.63) is 41.6 Å². The van der Waals surface area contributed by atoms with Gasteiger partial charge in [-0.2, -0.15) is 10.1 Å². The zero-order valence-electron chi connectivity index (χ0n) is 11.3. The third-order valence-corrected chi connectivity index (χ3v) is 2.65. The first-order chi connectivity index (χ1) is 9.28. The molecule has 2 aromatic rings. The molecule has 0 aliphatic heterocycles. The van der Waals surface area contributed by atoms with Gasteiger partial charge >= 0.3 is 0 Å². The maximum absolute atomic E-state index is 4.35. The van der Waals surface area contributed by atoms with Gasteiger partial charge in [0.1, 0.15) is 0 Å². The molecule has 0 atom stereocenters. The van der Waals surface area contributed by atoms with Crippen LogP contribution in [0.5, 0.6) is 0 Å². The highest BCUT2D eigenvalue weighted by Crippen LogP contribution is 2.08. The third kappa shape index (κ3) is 4.21. The monoisotopic (exact) mass is 257 g/mol. The predicted molar refractivity (Wildman–Crippen MR) is 77.1 cm³/mol. The van der Waals surface area contributed by atoms with Gasteiger partial charge in [0.15, 0.2) is 5.82 Å². The Balaban J connectivity index is 1.95. The fraction of sp³-hybridized carbons (Fsp3) is 0.357. The minimum Gasteiger partial charge on any atom is -0.365 e. The van der Waals surface area contributed by atoms with E-state index in [2.05, 4.69) is 63.9 Å². The summed E-state index contributed by atoms with van der Waals surface area (Å²) >= 11 is 0. The first-order valence-electron chi connectivity index (χ1n) is 6.51. The zero-order chi connectivity index (χ0) is 13.5. The highest BCUT2D eigenvalue weighted by Gasteiger charge is 2.00. The number of aromatic nitrogens is 3. The van der Waals surface area contributed by atoms with Crippen LogP contribution in [-0.4, -0.2) is 21.7 Å². The van der Waals surface area contributed by atoms with Crippen LogP contribution >= 0.6 is 0 Å². The smallest absolute Gasteiger partial charge is 0.244 e. The van der Waals surface area contributed by atoms with Crippen molar-refractivity contribution in [2.24, 2.45) is 0 Å². The average Bonchev–Trinajstić information content (AvgIpc) is 2.43. The zero-order valence-corrected chi connectivity index (χ0v) is 11.3. The Morgan fingerprint density at radius 2 is 2.11 bits per heavy atom. The Morgan fingerprint density at radius 3 is 2.89 bits per heavy atom. The molecule has 0 bridgehead atoms. The van der Waals surface area contributed by atoms with Gasteiger partial charge in [-0.15, -0.1) is 5.10 Å². The summed E-state index contributed by atoms with van der Waals surface area (Å²) in [7, 11) is 0. The lowest BCUT2D eigenvalue weighted by atomic mass is 10.1. The molecule has 1 heterocycles. The van der Waals surface area contributed by atoms with E-state index in [9.17, 15) is 0 Å². The Hall–Kier alpha value is -2.17. The van der Waals surface area contributed by atoms with Crippen molar-refractivity contribution < 1.29 is 0 Å². The predicted octanol–water partition coefficient (Wildman–Crippen LogP) is 2.61. The van der Waals surface area contributed by atoms with Gasteiger partial charge in [0.2, 0.25) is 5.95 Å². The van der Waals surface area contributed by atoms with Gasteiger partial charge in [0.05, 0.1) is 6.20 Å². The molecule has 0 saturated carbocycles. The lowest BCUT2D eigenvalue weighted by molar-refractivity contribution is 0.907. The summed E-state index contributed by atoms with van der Waals surface area (Å²) in [6.07, 6.45) is 2.66. The molecule has 2 rings (SSSR count). The molecule has 0 aliphatic rings. The number of hydrogen-bond acceptors (Lipinski definition) is 5. The Morgan fingerprint density at radius 1 is 1.21 bits per heavy atom. The van der Waals surface area contributed by atoms with Crippen molar-refractivity contribution in [2.75, 3.05) is 17.2 Å². The van der Waals surface area contributed by atoms with Gasteiger partial charge in [-0.25, -0.2) is 0 Å². The van der Waals surface area contributed by atoms with Crippen LogP contribution in [0.4, 0.5) is 11.8 Å². The second kappa shape index (κ2) is 6.68. The lowest BCUT2D eigenvalue weighted by Gasteiger charge is -2.07. The van der Waals surface area contributed by atoms with Crippen molar-refractivity contribution in [3.8, 4) is 0 Å². The largest absolute Gasteiger partial charge is 0.365 e. The Labute approximate surface area is 113 Å². The van der Waals surface area contributed by atoms with Gasteiger partial charge in [-0.05, 0) is 18.9 Å². The molecule has 0 aliphatic carbocycles. The highest BCUT2D eigenvalue weighted by molar-refractivity contribution is 5.38. The van der Waals surface area contributed by atoms with Crippen LogP contribution in [-0.2, 0) is 6.54 Å². The Bertz CT molecular complexity index is 527. The van der Waals surface area contributed by atoms with Crippen LogP contribution in [0.3, 0.4) is 0 Å². The first kappa shape index (κ1) is 13.3. The summed E-state index contributed by atoms with van der Waals surface area (Å²) in [6, 6.07) is 8.38. The molecular formula is C14H19N5. The molecule has 0 saturated heterocycles.